The molecule has 0 bridgehead atoms. The summed E-state index contributed by atoms with van der Waals surface area (Å²) in [6.07, 6.45) is 0. The summed E-state index contributed by atoms with van der Waals surface area (Å²) in [4.78, 5) is 5.47. The molecular weight excluding hydrogens is 202 g/mol. The zero-order valence-corrected chi connectivity index (χ0v) is 10.3. The smallest absolute Gasteiger partial charge is 0.0933 e. The zero-order chi connectivity index (χ0) is 11.8. The zero-order valence-electron chi connectivity index (χ0n) is 10.3. The van der Waals surface area contributed by atoms with Gasteiger partial charge in [-0.3, -0.25) is 4.84 Å². The second-order valence-corrected chi connectivity index (χ2v) is 4.20. The van der Waals surface area contributed by atoms with Gasteiger partial charge in [0.25, 0.3) is 0 Å². The molecule has 0 spiro atoms. The Morgan fingerprint density at radius 2 is 1.88 bits per heavy atom. The van der Waals surface area contributed by atoms with E-state index in [1.165, 1.54) is 0 Å². The minimum atomic E-state index is 0.230. The summed E-state index contributed by atoms with van der Waals surface area (Å²) in [6, 6.07) is 10.3. The lowest BCUT2D eigenvalue weighted by Crippen LogP contribution is -2.37. The minimum absolute atomic E-state index is 0.230. The summed E-state index contributed by atoms with van der Waals surface area (Å²) < 4.78 is 5.13. The van der Waals surface area contributed by atoms with Crippen molar-refractivity contribution >= 4 is 0 Å². The van der Waals surface area contributed by atoms with E-state index in [0.717, 1.165) is 5.56 Å². The van der Waals surface area contributed by atoms with Gasteiger partial charge in [-0.05, 0) is 11.5 Å². The quantitative estimate of drug-likeness (QED) is 0.720. The van der Waals surface area contributed by atoms with E-state index in [-0.39, 0.29) is 6.04 Å². The molecule has 1 aromatic carbocycles. The lowest BCUT2D eigenvalue weighted by Gasteiger charge is -2.20. The Morgan fingerprint density at radius 3 is 2.44 bits per heavy atom. The van der Waals surface area contributed by atoms with Crippen LogP contribution in [0.1, 0.15) is 19.4 Å². The van der Waals surface area contributed by atoms with Crippen molar-refractivity contribution in [1.29, 1.82) is 0 Å². The maximum atomic E-state index is 5.47. The van der Waals surface area contributed by atoms with Crippen molar-refractivity contribution in [3.05, 3.63) is 35.9 Å². The first kappa shape index (κ1) is 13.2. The fourth-order valence-electron chi connectivity index (χ4n) is 1.35. The van der Waals surface area contributed by atoms with E-state index < -0.39 is 0 Å². The molecule has 90 valence electrons. The normalized spacial score (nSPS) is 13.0. The van der Waals surface area contributed by atoms with E-state index in [1.807, 2.05) is 30.3 Å². The molecule has 3 nitrogen and oxygen atoms in total. The summed E-state index contributed by atoms with van der Waals surface area (Å²) in [6.45, 7) is 5.52. The first-order valence-corrected chi connectivity index (χ1v) is 5.64. The molecule has 0 amide bonds. The van der Waals surface area contributed by atoms with Crippen LogP contribution in [0.5, 0.6) is 0 Å². The van der Waals surface area contributed by atoms with Crippen LogP contribution in [0.3, 0.4) is 0 Å². The highest BCUT2D eigenvalue weighted by Gasteiger charge is 2.12. The van der Waals surface area contributed by atoms with Gasteiger partial charge in [0.2, 0.25) is 0 Å². The van der Waals surface area contributed by atoms with Gasteiger partial charge in [0.15, 0.2) is 0 Å². The molecule has 0 aliphatic carbocycles. The van der Waals surface area contributed by atoms with Crippen LogP contribution in [0.2, 0.25) is 0 Å². The van der Waals surface area contributed by atoms with Gasteiger partial charge < -0.3 is 4.74 Å². The summed E-state index contributed by atoms with van der Waals surface area (Å²) in [5.74, 6) is 0.482. The predicted octanol–water partition coefficient (Wildman–Crippen LogP) is 2.38. The number of ether oxygens (including phenoxy) is 1. The fourth-order valence-corrected chi connectivity index (χ4v) is 1.35. The molecule has 0 radical (unpaired) electrons. The summed E-state index contributed by atoms with van der Waals surface area (Å²) >= 11 is 0. The molecule has 1 unspecified atom stereocenters. The van der Waals surface area contributed by atoms with Crippen LogP contribution in [0.15, 0.2) is 30.3 Å². The molecule has 1 aromatic rings. The Morgan fingerprint density at radius 1 is 1.19 bits per heavy atom. The van der Waals surface area contributed by atoms with Gasteiger partial charge in [-0.15, -0.1) is 0 Å². The molecule has 0 heterocycles. The van der Waals surface area contributed by atoms with Crippen LogP contribution in [-0.2, 0) is 16.2 Å². The standard InChI is InChI=1S/C13H21NO2/c1-11(2)13(10-15-3)14-16-9-12-7-5-4-6-8-12/h4-8,11,13-14H,9-10H2,1-3H3. The topological polar surface area (TPSA) is 30.5 Å². The SMILES string of the molecule is COCC(NOCc1ccccc1)C(C)C. The molecule has 0 fully saturated rings. The Hall–Kier alpha value is -0.900. The third-order valence-electron chi connectivity index (χ3n) is 2.47. The van der Waals surface area contributed by atoms with Crippen molar-refractivity contribution in [1.82, 2.24) is 5.48 Å². The molecule has 16 heavy (non-hydrogen) atoms. The Kier molecular flexibility index (Phi) is 6.08. The monoisotopic (exact) mass is 223 g/mol. The fraction of sp³-hybridized carbons (Fsp3) is 0.538. The van der Waals surface area contributed by atoms with Gasteiger partial charge in [0.1, 0.15) is 0 Å². The highest BCUT2D eigenvalue weighted by atomic mass is 16.6. The van der Waals surface area contributed by atoms with E-state index in [4.69, 9.17) is 9.57 Å². The number of rotatable bonds is 7. The maximum absolute atomic E-state index is 5.47. The van der Waals surface area contributed by atoms with Gasteiger partial charge in [0, 0.05) is 7.11 Å². The molecular formula is C13H21NO2. The van der Waals surface area contributed by atoms with Crippen LogP contribution >= 0.6 is 0 Å². The van der Waals surface area contributed by atoms with Crippen molar-refractivity contribution in [2.75, 3.05) is 13.7 Å². The molecule has 0 aliphatic heterocycles. The van der Waals surface area contributed by atoms with Crippen LogP contribution in [0, 0.1) is 5.92 Å². The molecule has 0 aliphatic rings. The number of nitrogens with one attached hydrogen (secondary N) is 1. The summed E-state index contributed by atoms with van der Waals surface area (Å²) in [5.41, 5.74) is 4.21. The van der Waals surface area contributed by atoms with Crippen molar-refractivity contribution in [2.24, 2.45) is 5.92 Å². The molecule has 3 heteroatoms. The Labute approximate surface area is 97.7 Å². The Balaban J connectivity index is 2.28. The van der Waals surface area contributed by atoms with E-state index in [9.17, 15) is 0 Å². The summed E-state index contributed by atoms with van der Waals surface area (Å²) in [7, 11) is 1.70. The van der Waals surface area contributed by atoms with Crippen LogP contribution in [0.4, 0.5) is 0 Å². The second-order valence-electron chi connectivity index (χ2n) is 4.20. The van der Waals surface area contributed by atoms with Crippen molar-refractivity contribution in [2.45, 2.75) is 26.5 Å². The van der Waals surface area contributed by atoms with E-state index in [1.54, 1.807) is 7.11 Å². The van der Waals surface area contributed by atoms with Gasteiger partial charge >= 0.3 is 0 Å². The van der Waals surface area contributed by atoms with Crippen molar-refractivity contribution < 1.29 is 9.57 Å². The average molecular weight is 223 g/mol. The molecule has 0 aromatic heterocycles. The van der Waals surface area contributed by atoms with E-state index in [2.05, 4.69) is 19.3 Å². The van der Waals surface area contributed by atoms with Crippen molar-refractivity contribution in [3.8, 4) is 0 Å². The third kappa shape index (κ3) is 4.75. The number of hydroxylamine groups is 1. The van der Waals surface area contributed by atoms with E-state index >= 15 is 0 Å². The molecule has 1 atom stereocenters. The lowest BCUT2D eigenvalue weighted by atomic mass is 10.1. The van der Waals surface area contributed by atoms with E-state index in [0.29, 0.717) is 19.1 Å². The number of benzene rings is 1. The maximum Gasteiger partial charge on any atom is 0.0933 e. The first-order chi connectivity index (χ1) is 7.74. The predicted molar refractivity (Wildman–Crippen MR) is 64.9 cm³/mol. The summed E-state index contributed by atoms with van der Waals surface area (Å²) in [5, 5.41) is 0. The molecule has 1 rings (SSSR count). The first-order valence-electron chi connectivity index (χ1n) is 5.64. The molecule has 0 saturated carbocycles. The number of hydrogen-bond acceptors (Lipinski definition) is 3. The number of hydrogen-bond donors (Lipinski definition) is 1. The molecule has 0 saturated heterocycles. The van der Waals surface area contributed by atoms with Crippen LogP contribution in [-0.4, -0.2) is 19.8 Å². The minimum Gasteiger partial charge on any atom is -0.383 e. The van der Waals surface area contributed by atoms with Gasteiger partial charge in [-0.1, -0.05) is 44.2 Å². The van der Waals surface area contributed by atoms with Gasteiger partial charge in [-0.25, -0.2) is 0 Å². The second kappa shape index (κ2) is 7.39. The van der Waals surface area contributed by atoms with Gasteiger partial charge in [0.05, 0.1) is 19.3 Å². The van der Waals surface area contributed by atoms with Crippen molar-refractivity contribution in [3.63, 3.8) is 0 Å². The molecule has 1 N–H and O–H groups in total. The highest BCUT2D eigenvalue weighted by Crippen LogP contribution is 2.04. The van der Waals surface area contributed by atoms with Crippen LogP contribution < -0.4 is 5.48 Å². The average Bonchev–Trinajstić information content (AvgIpc) is 2.29. The van der Waals surface area contributed by atoms with Crippen LogP contribution in [0.25, 0.3) is 0 Å². The largest absolute Gasteiger partial charge is 0.383 e. The van der Waals surface area contributed by atoms with Gasteiger partial charge in [-0.2, -0.15) is 5.48 Å². The Bertz CT molecular complexity index is 275. The lowest BCUT2D eigenvalue weighted by molar-refractivity contribution is -0.0270. The highest BCUT2D eigenvalue weighted by molar-refractivity contribution is 5.13. The number of methoxy groups -OCH3 is 1. The third-order valence-corrected chi connectivity index (χ3v) is 2.47.